The van der Waals surface area contributed by atoms with Crippen molar-refractivity contribution in [2.24, 2.45) is 0 Å². The van der Waals surface area contributed by atoms with Crippen molar-refractivity contribution >= 4 is 13.6 Å². The second-order valence-electron chi connectivity index (χ2n) is 1.93. The van der Waals surface area contributed by atoms with Crippen molar-refractivity contribution in [2.45, 2.75) is 32.5 Å². The molecule has 0 amide bonds. The van der Waals surface area contributed by atoms with Gasteiger partial charge in [-0.1, -0.05) is 0 Å². The molecule has 2 unspecified atom stereocenters. The summed E-state index contributed by atoms with van der Waals surface area (Å²) in [7, 11) is 0. The summed E-state index contributed by atoms with van der Waals surface area (Å²) in [5.41, 5.74) is 0. The van der Waals surface area contributed by atoms with Crippen LogP contribution in [0.4, 0.5) is 0 Å². The van der Waals surface area contributed by atoms with Gasteiger partial charge in [-0.05, 0) is 20.3 Å². The second-order valence-corrected chi connectivity index (χ2v) is 1.93. The van der Waals surface area contributed by atoms with Crippen LogP contribution in [0.3, 0.4) is 0 Å². The Hall–Kier alpha value is -0.271. The van der Waals surface area contributed by atoms with E-state index in [0.717, 1.165) is 0 Å². The molecule has 0 aliphatic carbocycles. The van der Waals surface area contributed by atoms with Crippen LogP contribution < -0.4 is 0 Å². The Labute approximate surface area is 86.3 Å². The van der Waals surface area contributed by atoms with Gasteiger partial charge in [0, 0.05) is 29.7 Å². The molecule has 0 spiro atoms. The number of hydrogen-bond acceptors (Lipinski definition) is 4. The van der Waals surface area contributed by atoms with E-state index in [0.29, 0.717) is 6.42 Å². The van der Waals surface area contributed by atoms with Gasteiger partial charge in [-0.3, -0.25) is 0 Å². The topological polar surface area (TPSA) is 74.6 Å². The average molecular weight is 354 g/mol. The van der Waals surface area contributed by atoms with E-state index in [1.54, 1.807) is 13.8 Å². The summed E-state index contributed by atoms with van der Waals surface area (Å²) in [6.07, 6.45) is -0.278. The van der Waals surface area contributed by atoms with Crippen molar-refractivity contribution < 1.29 is 39.9 Å². The first-order valence-corrected chi connectivity index (χ1v) is 2.96. The fraction of sp³-hybridized carbons (Fsp3) is 0.714. The molecule has 0 bridgehead atoms. The van der Waals surface area contributed by atoms with Crippen molar-refractivity contribution in [3.05, 3.63) is 0 Å². The average Bonchev–Trinajstić information content (AvgIpc) is 1.93. The molecule has 2 N–H and O–H groups in total. The second kappa shape index (κ2) is 22.4. The molecule has 0 aliphatic rings. The molecule has 0 aromatic rings. The number of aliphatic hydroxyl groups excluding tert-OH is 2. The number of aliphatic hydroxyl groups is 2. The molecule has 1 radical (unpaired) electrons. The molecule has 0 aromatic heterocycles. The van der Waals surface area contributed by atoms with Crippen LogP contribution in [0.15, 0.2) is 0 Å². The van der Waals surface area contributed by atoms with Crippen LogP contribution in [0.2, 0.25) is 0 Å². The Kier molecular flexibility index (Phi) is 42.2. The van der Waals surface area contributed by atoms with Gasteiger partial charge in [0.25, 0.3) is 0 Å². The van der Waals surface area contributed by atoms with Crippen LogP contribution in [0.25, 0.3) is 0 Å². The zero-order chi connectivity index (χ0) is 9.86. The van der Waals surface area contributed by atoms with Crippen molar-refractivity contribution in [1.82, 2.24) is 0 Å². The van der Waals surface area contributed by atoms with E-state index >= 15 is 0 Å². The fourth-order valence-electron chi connectivity index (χ4n) is 0.494. The van der Waals surface area contributed by atoms with E-state index < -0.39 is 0 Å². The Morgan fingerprint density at radius 1 is 1.00 bits per heavy atom. The number of rotatable bonds is 2. The molecule has 0 fully saturated rings. The molecule has 0 heterocycles. The van der Waals surface area contributed by atoms with Crippen LogP contribution in [0.1, 0.15) is 20.3 Å². The third-order valence-corrected chi connectivity index (χ3v) is 0.682. The van der Waals surface area contributed by atoms with Crippen LogP contribution >= 0.6 is 0 Å². The standard InChI is InChI=1S/C5H12O2.2CHO.Ir/c1-4(6)3-5(2)7;2*1-2;/h4-7H,3H2,1-2H3;2*1H;/q;2*+1;. The van der Waals surface area contributed by atoms with Gasteiger partial charge >= 0.3 is 13.6 Å². The Morgan fingerprint density at radius 2 is 1.17 bits per heavy atom. The predicted octanol–water partition coefficient (Wildman–Crippen LogP) is -0.413. The minimum Gasteiger partial charge on any atom is -0.393 e. The van der Waals surface area contributed by atoms with E-state index in [1.165, 1.54) is 0 Å². The molecule has 5 heteroatoms. The first-order chi connectivity index (χ1) is 5.13. The zero-order valence-corrected chi connectivity index (χ0v) is 9.46. The van der Waals surface area contributed by atoms with E-state index in [2.05, 4.69) is 13.6 Å². The third kappa shape index (κ3) is 53.3. The Balaban J connectivity index is -0.0000000560. The van der Waals surface area contributed by atoms with E-state index in [-0.39, 0.29) is 32.3 Å². The molecule has 4 nitrogen and oxygen atoms in total. The van der Waals surface area contributed by atoms with Gasteiger partial charge in [0.1, 0.15) is 0 Å². The van der Waals surface area contributed by atoms with Gasteiger partial charge in [-0.15, -0.1) is 0 Å². The molecule has 0 saturated carbocycles. The summed E-state index contributed by atoms with van der Waals surface area (Å²) >= 11 is 0. The maximum atomic E-state index is 8.56. The van der Waals surface area contributed by atoms with Crippen molar-refractivity contribution in [1.29, 1.82) is 0 Å². The summed E-state index contributed by atoms with van der Waals surface area (Å²) in [4.78, 5) is 15.5. The molecular weight excluding hydrogens is 340 g/mol. The van der Waals surface area contributed by atoms with Crippen molar-refractivity contribution in [3.8, 4) is 0 Å². The van der Waals surface area contributed by atoms with Crippen LogP contribution in [-0.2, 0) is 29.7 Å². The smallest absolute Gasteiger partial charge is 0.393 e. The number of carbonyl (C=O) groups excluding carboxylic acids is 2. The quantitative estimate of drug-likeness (QED) is 0.522. The van der Waals surface area contributed by atoms with Crippen LogP contribution in [0.5, 0.6) is 0 Å². The number of hydrogen-bond donors (Lipinski definition) is 2. The van der Waals surface area contributed by atoms with Crippen LogP contribution in [0, 0.1) is 0 Å². The van der Waals surface area contributed by atoms with Crippen LogP contribution in [-0.4, -0.2) is 36.0 Å². The normalized spacial score (nSPS) is 11.5. The molecule has 0 aliphatic heterocycles. The van der Waals surface area contributed by atoms with Gasteiger partial charge in [0.15, 0.2) is 0 Å². The minimum atomic E-state index is -0.375. The third-order valence-electron chi connectivity index (χ3n) is 0.682. The van der Waals surface area contributed by atoms with E-state index in [4.69, 9.17) is 19.8 Å². The monoisotopic (exact) mass is 355 g/mol. The molecule has 0 aromatic carbocycles. The maximum Gasteiger partial charge on any atom is 0.490 e. The summed E-state index contributed by atoms with van der Waals surface area (Å²) in [5, 5.41) is 17.1. The summed E-state index contributed by atoms with van der Waals surface area (Å²) < 4.78 is 0. The van der Waals surface area contributed by atoms with Gasteiger partial charge < -0.3 is 10.2 Å². The molecule has 12 heavy (non-hydrogen) atoms. The summed E-state index contributed by atoms with van der Waals surface area (Å²) in [6, 6.07) is 0. The van der Waals surface area contributed by atoms with Gasteiger partial charge in [-0.2, -0.15) is 0 Å². The first-order valence-electron chi connectivity index (χ1n) is 2.96. The van der Waals surface area contributed by atoms with E-state index in [9.17, 15) is 0 Å². The fourth-order valence-corrected chi connectivity index (χ4v) is 0.494. The van der Waals surface area contributed by atoms with Gasteiger partial charge in [0.05, 0.1) is 12.2 Å². The Bertz CT molecular complexity index is 60.4. The molecule has 2 atom stereocenters. The Morgan fingerprint density at radius 3 is 1.17 bits per heavy atom. The maximum absolute atomic E-state index is 8.56. The summed E-state index contributed by atoms with van der Waals surface area (Å²) in [6.45, 7) is 9.82. The van der Waals surface area contributed by atoms with Crippen molar-refractivity contribution in [3.63, 3.8) is 0 Å². The van der Waals surface area contributed by atoms with Gasteiger partial charge in [-0.25, -0.2) is 0 Å². The molecule has 0 saturated heterocycles. The largest absolute Gasteiger partial charge is 0.490 e. The molecular formula is C7H14IrO4+2. The minimum absolute atomic E-state index is 0. The zero-order valence-electron chi connectivity index (χ0n) is 7.06. The predicted molar refractivity (Wildman–Crippen MR) is 41.5 cm³/mol. The first kappa shape index (κ1) is 22.6. The van der Waals surface area contributed by atoms with E-state index in [1.807, 2.05) is 0 Å². The van der Waals surface area contributed by atoms with Crippen molar-refractivity contribution in [2.75, 3.05) is 0 Å². The molecule has 0 rings (SSSR count). The van der Waals surface area contributed by atoms with Gasteiger partial charge in [0.2, 0.25) is 0 Å². The SMILES string of the molecule is CC(O)CC(C)O.[CH+]=O.[CH+]=O.[Ir]. The summed E-state index contributed by atoms with van der Waals surface area (Å²) in [5.74, 6) is 0. The molecule has 73 valence electrons.